The third-order valence-electron chi connectivity index (χ3n) is 2.76. The fourth-order valence-corrected chi connectivity index (χ4v) is 1.88. The first kappa shape index (κ1) is 15.2. The van der Waals surface area contributed by atoms with Gasteiger partial charge in [-0.3, -0.25) is 0 Å². The number of aryl methyl sites for hydroxylation is 1. The SMILES string of the molecule is Cc1cc(NCc2ccccc2F)nc(NC(C)(C)C)n1. The maximum atomic E-state index is 13.6. The molecule has 0 saturated heterocycles. The lowest BCUT2D eigenvalue weighted by atomic mass is 10.1. The maximum absolute atomic E-state index is 13.6. The van der Waals surface area contributed by atoms with Crippen LogP contribution in [0.3, 0.4) is 0 Å². The topological polar surface area (TPSA) is 49.8 Å². The van der Waals surface area contributed by atoms with Crippen LogP contribution in [-0.4, -0.2) is 15.5 Å². The summed E-state index contributed by atoms with van der Waals surface area (Å²) in [6.07, 6.45) is 0. The number of anilines is 2. The van der Waals surface area contributed by atoms with Gasteiger partial charge in [0.25, 0.3) is 0 Å². The van der Waals surface area contributed by atoms with Crippen molar-refractivity contribution in [3.05, 3.63) is 47.4 Å². The van der Waals surface area contributed by atoms with Crippen LogP contribution in [-0.2, 0) is 6.54 Å². The van der Waals surface area contributed by atoms with Gasteiger partial charge in [0.15, 0.2) is 0 Å². The highest BCUT2D eigenvalue weighted by Gasteiger charge is 2.12. The van der Waals surface area contributed by atoms with E-state index in [1.54, 1.807) is 12.1 Å². The van der Waals surface area contributed by atoms with Crippen LogP contribution in [0.1, 0.15) is 32.0 Å². The molecule has 0 spiro atoms. The third kappa shape index (κ3) is 4.70. The number of benzene rings is 1. The van der Waals surface area contributed by atoms with Crippen molar-refractivity contribution < 1.29 is 4.39 Å². The van der Waals surface area contributed by atoms with Gasteiger partial charge in [0.2, 0.25) is 5.95 Å². The Morgan fingerprint density at radius 3 is 2.52 bits per heavy atom. The number of hydrogen-bond acceptors (Lipinski definition) is 4. The zero-order valence-corrected chi connectivity index (χ0v) is 12.9. The van der Waals surface area contributed by atoms with Crippen molar-refractivity contribution in [3.8, 4) is 0 Å². The fourth-order valence-electron chi connectivity index (χ4n) is 1.88. The smallest absolute Gasteiger partial charge is 0.225 e. The van der Waals surface area contributed by atoms with Gasteiger partial charge < -0.3 is 10.6 Å². The molecule has 0 aliphatic rings. The molecule has 1 aromatic heterocycles. The Morgan fingerprint density at radius 1 is 1.14 bits per heavy atom. The lowest BCUT2D eigenvalue weighted by Crippen LogP contribution is -2.27. The van der Waals surface area contributed by atoms with Crippen LogP contribution in [0.4, 0.5) is 16.2 Å². The van der Waals surface area contributed by atoms with Gasteiger partial charge in [0.1, 0.15) is 11.6 Å². The van der Waals surface area contributed by atoms with E-state index in [2.05, 4.69) is 20.6 Å². The number of rotatable bonds is 4. The van der Waals surface area contributed by atoms with Crippen molar-refractivity contribution in [2.75, 3.05) is 10.6 Å². The molecule has 0 bridgehead atoms. The predicted molar refractivity (Wildman–Crippen MR) is 83.9 cm³/mol. The predicted octanol–water partition coefficient (Wildman–Crippen LogP) is 3.75. The van der Waals surface area contributed by atoms with Crippen molar-refractivity contribution in [3.63, 3.8) is 0 Å². The monoisotopic (exact) mass is 288 g/mol. The number of halogens is 1. The molecule has 0 atom stereocenters. The van der Waals surface area contributed by atoms with Gasteiger partial charge in [-0.25, -0.2) is 9.37 Å². The summed E-state index contributed by atoms with van der Waals surface area (Å²) in [5.41, 5.74) is 1.35. The highest BCUT2D eigenvalue weighted by Crippen LogP contribution is 2.15. The van der Waals surface area contributed by atoms with E-state index < -0.39 is 0 Å². The Balaban J connectivity index is 2.12. The summed E-state index contributed by atoms with van der Waals surface area (Å²) in [4.78, 5) is 8.76. The van der Waals surface area contributed by atoms with Gasteiger partial charge in [0, 0.05) is 29.4 Å². The van der Waals surface area contributed by atoms with Crippen LogP contribution in [0, 0.1) is 12.7 Å². The van der Waals surface area contributed by atoms with E-state index in [-0.39, 0.29) is 11.4 Å². The maximum Gasteiger partial charge on any atom is 0.225 e. The first-order valence-corrected chi connectivity index (χ1v) is 6.95. The van der Waals surface area contributed by atoms with Crippen molar-refractivity contribution in [1.29, 1.82) is 0 Å². The van der Waals surface area contributed by atoms with Crippen LogP contribution in [0.5, 0.6) is 0 Å². The van der Waals surface area contributed by atoms with Crippen molar-refractivity contribution in [1.82, 2.24) is 9.97 Å². The van der Waals surface area contributed by atoms with Crippen LogP contribution < -0.4 is 10.6 Å². The molecule has 0 saturated carbocycles. The van der Waals surface area contributed by atoms with E-state index in [1.807, 2.05) is 39.8 Å². The summed E-state index contributed by atoms with van der Waals surface area (Å²) in [5, 5.41) is 6.37. The number of nitrogens with one attached hydrogen (secondary N) is 2. The van der Waals surface area contributed by atoms with Crippen LogP contribution in [0.25, 0.3) is 0 Å². The second-order valence-electron chi connectivity index (χ2n) is 6.04. The van der Waals surface area contributed by atoms with Crippen molar-refractivity contribution in [2.24, 2.45) is 0 Å². The first-order valence-electron chi connectivity index (χ1n) is 6.95. The molecule has 0 fully saturated rings. The highest BCUT2D eigenvalue weighted by molar-refractivity contribution is 5.43. The lowest BCUT2D eigenvalue weighted by molar-refractivity contribution is 0.613. The molecule has 2 N–H and O–H groups in total. The van der Waals surface area contributed by atoms with Gasteiger partial charge in [-0.15, -0.1) is 0 Å². The van der Waals surface area contributed by atoms with E-state index >= 15 is 0 Å². The van der Waals surface area contributed by atoms with E-state index in [1.165, 1.54) is 6.07 Å². The normalized spacial score (nSPS) is 11.3. The minimum absolute atomic E-state index is 0.114. The van der Waals surface area contributed by atoms with Gasteiger partial charge in [-0.1, -0.05) is 18.2 Å². The van der Waals surface area contributed by atoms with Crippen LogP contribution in [0.15, 0.2) is 30.3 Å². The molecule has 0 amide bonds. The quantitative estimate of drug-likeness (QED) is 0.899. The van der Waals surface area contributed by atoms with E-state index in [0.29, 0.717) is 23.9 Å². The first-order chi connectivity index (χ1) is 9.83. The van der Waals surface area contributed by atoms with Gasteiger partial charge >= 0.3 is 0 Å². The molecule has 1 heterocycles. The molecule has 112 valence electrons. The Labute approximate surface area is 124 Å². The van der Waals surface area contributed by atoms with E-state index in [9.17, 15) is 4.39 Å². The standard InChI is InChI=1S/C16H21FN4/c1-11-9-14(20-15(19-11)21-16(2,3)4)18-10-12-7-5-6-8-13(12)17/h5-9H,10H2,1-4H3,(H2,18,19,20,21). The highest BCUT2D eigenvalue weighted by atomic mass is 19.1. The Kier molecular flexibility index (Phi) is 4.40. The molecule has 4 nitrogen and oxygen atoms in total. The van der Waals surface area contributed by atoms with Gasteiger partial charge in [-0.05, 0) is 33.8 Å². The minimum atomic E-state index is -0.219. The fraction of sp³-hybridized carbons (Fsp3) is 0.375. The van der Waals surface area contributed by atoms with Crippen molar-refractivity contribution in [2.45, 2.75) is 39.8 Å². The second kappa shape index (κ2) is 6.08. The zero-order chi connectivity index (χ0) is 15.5. The average Bonchev–Trinajstić information content (AvgIpc) is 2.35. The number of aromatic nitrogens is 2. The molecule has 5 heteroatoms. The largest absolute Gasteiger partial charge is 0.366 e. The molecule has 21 heavy (non-hydrogen) atoms. The summed E-state index contributed by atoms with van der Waals surface area (Å²) in [6.45, 7) is 8.43. The third-order valence-corrected chi connectivity index (χ3v) is 2.76. The minimum Gasteiger partial charge on any atom is -0.366 e. The molecule has 1 aromatic carbocycles. The lowest BCUT2D eigenvalue weighted by Gasteiger charge is -2.21. The number of hydrogen-bond donors (Lipinski definition) is 2. The molecule has 0 unspecified atom stereocenters. The molecule has 2 aromatic rings. The average molecular weight is 288 g/mol. The molecular formula is C16H21FN4. The Hall–Kier alpha value is -2.17. The summed E-state index contributed by atoms with van der Waals surface area (Å²) >= 11 is 0. The summed E-state index contributed by atoms with van der Waals surface area (Å²) in [7, 11) is 0. The van der Waals surface area contributed by atoms with Gasteiger partial charge in [-0.2, -0.15) is 4.98 Å². The summed E-state index contributed by atoms with van der Waals surface area (Å²) in [5.74, 6) is 1.03. The Bertz CT molecular complexity index is 620. The molecule has 0 radical (unpaired) electrons. The molecule has 0 aliphatic carbocycles. The Morgan fingerprint density at radius 2 is 1.86 bits per heavy atom. The van der Waals surface area contributed by atoms with E-state index in [0.717, 1.165) is 5.69 Å². The number of nitrogens with zero attached hydrogens (tertiary/aromatic N) is 2. The van der Waals surface area contributed by atoms with Gasteiger partial charge in [0.05, 0.1) is 0 Å². The van der Waals surface area contributed by atoms with E-state index in [4.69, 9.17) is 0 Å². The summed E-state index contributed by atoms with van der Waals surface area (Å²) < 4.78 is 13.6. The summed E-state index contributed by atoms with van der Waals surface area (Å²) in [6, 6.07) is 8.55. The van der Waals surface area contributed by atoms with Crippen molar-refractivity contribution >= 4 is 11.8 Å². The van der Waals surface area contributed by atoms with Crippen LogP contribution in [0.2, 0.25) is 0 Å². The molecule has 2 rings (SSSR count). The zero-order valence-electron chi connectivity index (χ0n) is 12.9. The molecular weight excluding hydrogens is 267 g/mol. The second-order valence-corrected chi connectivity index (χ2v) is 6.04. The molecule has 0 aliphatic heterocycles. The van der Waals surface area contributed by atoms with Crippen LogP contribution >= 0.6 is 0 Å².